The summed E-state index contributed by atoms with van der Waals surface area (Å²) < 4.78 is 35.4. The third-order valence-corrected chi connectivity index (χ3v) is 2.39. The topological polar surface area (TPSA) is 55.1 Å². The zero-order valence-corrected chi connectivity index (χ0v) is 10.1. The number of nitrogens with two attached hydrogens (primary N) is 1. The van der Waals surface area contributed by atoms with Crippen LogP contribution >= 0.6 is 0 Å². The maximum atomic E-state index is 11.8. The minimum atomic E-state index is -4.11. The zero-order chi connectivity index (χ0) is 13.3. The molecule has 0 aliphatic heterocycles. The van der Waals surface area contributed by atoms with Crippen LogP contribution < -0.4 is 11.1 Å². The van der Waals surface area contributed by atoms with E-state index in [0.717, 1.165) is 12.8 Å². The Morgan fingerprint density at radius 1 is 1.29 bits per heavy atom. The Morgan fingerprint density at radius 3 is 2.47 bits per heavy atom. The van der Waals surface area contributed by atoms with Crippen molar-refractivity contribution in [2.45, 2.75) is 57.7 Å². The molecule has 0 bridgehead atoms. The second-order valence-electron chi connectivity index (χ2n) is 4.11. The number of hydrogen-bond donors (Lipinski definition) is 2. The highest BCUT2D eigenvalue weighted by molar-refractivity contribution is 5.81. The number of carbonyl (C=O) groups is 1. The Hall–Kier alpha value is -0.780. The summed E-state index contributed by atoms with van der Waals surface area (Å²) in [4.78, 5) is 11.4. The van der Waals surface area contributed by atoms with Crippen LogP contribution in [0.4, 0.5) is 13.2 Å². The van der Waals surface area contributed by atoms with E-state index in [9.17, 15) is 18.0 Å². The van der Waals surface area contributed by atoms with Gasteiger partial charge < -0.3 is 11.1 Å². The fourth-order valence-corrected chi connectivity index (χ4v) is 1.35. The van der Waals surface area contributed by atoms with Crippen LogP contribution in [0.25, 0.3) is 0 Å². The third-order valence-electron chi connectivity index (χ3n) is 2.39. The molecule has 0 saturated heterocycles. The van der Waals surface area contributed by atoms with Crippen LogP contribution in [0.2, 0.25) is 0 Å². The molecule has 0 spiro atoms. The lowest BCUT2D eigenvalue weighted by molar-refractivity contribution is -0.135. The van der Waals surface area contributed by atoms with Gasteiger partial charge in [0.1, 0.15) is 0 Å². The molecule has 17 heavy (non-hydrogen) atoms. The molecule has 0 aliphatic rings. The maximum Gasteiger partial charge on any atom is 0.389 e. The van der Waals surface area contributed by atoms with Crippen LogP contribution in [-0.4, -0.2) is 24.7 Å². The van der Waals surface area contributed by atoms with Crippen molar-refractivity contribution in [3.63, 3.8) is 0 Å². The van der Waals surface area contributed by atoms with Gasteiger partial charge >= 0.3 is 6.18 Å². The van der Waals surface area contributed by atoms with Crippen LogP contribution in [-0.2, 0) is 4.79 Å². The van der Waals surface area contributed by atoms with E-state index >= 15 is 0 Å². The fraction of sp³-hybridized carbons (Fsp3) is 0.909. The van der Waals surface area contributed by atoms with Gasteiger partial charge in [0.25, 0.3) is 0 Å². The SMILES string of the molecule is CCCCC(N)C(=O)NCCCCC(F)(F)F. The molecule has 0 rings (SSSR count). The van der Waals surface area contributed by atoms with Crippen molar-refractivity contribution in [3.8, 4) is 0 Å². The quantitative estimate of drug-likeness (QED) is 0.653. The second-order valence-corrected chi connectivity index (χ2v) is 4.11. The molecule has 0 radical (unpaired) electrons. The van der Waals surface area contributed by atoms with E-state index in [-0.39, 0.29) is 18.9 Å². The van der Waals surface area contributed by atoms with Gasteiger partial charge in [-0.3, -0.25) is 4.79 Å². The van der Waals surface area contributed by atoms with Gasteiger partial charge in [0.05, 0.1) is 6.04 Å². The Kier molecular flexibility index (Phi) is 7.95. The summed E-state index contributed by atoms with van der Waals surface area (Å²) in [6.45, 7) is 2.26. The number of nitrogens with one attached hydrogen (secondary N) is 1. The average Bonchev–Trinajstić information content (AvgIpc) is 2.23. The summed E-state index contributed by atoms with van der Waals surface area (Å²) in [7, 11) is 0. The minimum Gasteiger partial charge on any atom is -0.355 e. The first kappa shape index (κ1) is 16.2. The smallest absolute Gasteiger partial charge is 0.355 e. The lowest BCUT2D eigenvalue weighted by Gasteiger charge is -2.11. The summed E-state index contributed by atoms with van der Waals surface area (Å²) in [5.74, 6) is -0.273. The monoisotopic (exact) mass is 254 g/mol. The second kappa shape index (κ2) is 8.33. The zero-order valence-electron chi connectivity index (χ0n) is 10.1. The van der Waals surface area contributed by atoms with Gasteiger partial charge in [-0.2, -0.15) is 13.2 Å². The van der Waals surface area contributed by atoms with Crippen LogP contribution in [0, 0.1) is 0 Å². The highest BCUT2D eigenvalue weighted by atomic mass is 19.4. The summed E-state index contributed by atoms with van der Waals surface area (Å²) in [5.41, 5.74) is 5.60. The van der Waals surface area contributed by atoms with E-state index in [4.69, 9.17) is 5.73 Å². The molecular formula is C11H21F3N2O. The maximum absolute atomic E-state index is 11.8. The number of halogens is 3. The molecular weight excluding hydrogens is 233 g/mol. The number of rotatable bonds is 8. The predicted molar refractivity (Wildman–Crippen MR) is 60.4 cm³/mol. The molecule has 0 fully saturated rings. The van der Waals surface area contributed by atoms with Gasteiger partial charge in [0.2, 0.25) is 5.91 Å². The van der Waals surface area contributed by atoms with E-state index in [2.05, 4.69) is 5.32 Å². The van der Waals surface area contributed by atoms with E-state index < -0.39 is 18.6 Å². The lowest BCUT2D eigenvalue weighted by atomic mass is 10.1. The molecule has 1 amide bonds. The van der Waals surface area contributed by atoms with E-state index in [1.807, 2.05) is 6.92 Å². The highest BCUT2D eigenvalue weighted by Crippen LogP contribution is 2.21. The van der Waals surface area contributed by atoms with Crippen molar-refractivity contribution < 1.29 is 18.0 Å². The van der Waals surface area contributed by atoms with Crippen LogP contribution in [0.5, 0.6) is 0 Å². The molecule has 0 heterocycles. The number of carbonyl (C=O) groups excluding carboxylic acids is 1. The summed E-state index contributed by atoms with van der Waals surface area (Å²) in [6.07, 6.45) is -2.09. The molecule has 0 aromatic rings. The van der Waals surface area contributed by atoms with Crippen molar-refractivity contribution in [2.75, 3.05) is 6.54 Å². The van der Waals surface area contributed by atoms with Gasteiger partial charge in [-0.05, 0) is 19.3 Å². The van der Waals surface area contributed by atoms with Gasteiger partial charge in [-0.1, -0.05) is 19.8 Å². The van der Waals surface area contributed by atoms with Gasteiger partial charge in [-0.15, -0.1) is 0 Å². The first-order valence-corrected chi connectivity index (χ1v) is 5.97. The normalized spacial score (nSPS) is 13.5. The summed E-state index contributed by atoms with van der Waals surface area (Å²) in [5, 5.41) is 2.55. The first-order valence-electron chi connectivity index (χ1n) is 5.97. The lowest BCUT2D eigenvalue weighted by Crippen LogP contribution is -2.40. The van der Waals surface area contributed by atoms with Crippen LogP contribution in [0.15, 0.2) is 0 Å². The largest absolute Gasteiger partial charge is 0.389 e. The Bertz CT molecular complexity index is 219. The van der Waals surface area contributed by atoms with Gasteiger partial charge in [0, 0.05) is 13.0 Å². The molecule has 3 nitrogen and oxygen atoms in total. The molecule has 0 saturated carbocycles. The van der Waals surface area contributed by atoms with Crippen LogP contribution in [0.1, 0.15) is 45.4 Å². The van der Waals surface area contributed by atoms with Gasteiger partial charge in [0.15, 0.2) is 0 Å². The third kappa shape index (κ3) is 10.1. The highest BCUT2D eigenvalue weighted by Gasteiger charge is 2.25. The first-order chi connectivity index (χ1) is 7.87. The summed E-state index contributed by atoms with van der Waals surface area (Å²) >= 11 is 0. The number of hydrogen-bond acceptors (Lipinski definition) is 2. The Morgan fingerprint density at radius 2 is 1.94 bits per heavy atom. The standard InChI is InChI=1S/C11H21F3N2O/c1-2-3-6-9(15)10(17)16-8-5-4-7-11(12,13)14/h9H,2-8,15H2,1H3,(H,16,17). The number of alkyl halides is 3. The van der Waals surface area contributed by atoms with Crippen molar-refractivity contribution in [3.05, 3.63) is 0 Å². The predicted octanol–water partition coefficient (Wildman–Crippen LogP) is 2.35. The molecule has 6 heteroatoms. The fourth-order valence-electron chi connectivity index (χ4n) is 1.35. The molecule has 3 N–H and O–H groups in total. The summed E-state index contributed by atoms with van der Waals surface area (Å²) in [6, 6.07) is -0.544. The Balaban J connectivity index is 3.51. The molecule has 102 valence electrons. The van der Waals surface area contributed by atoms with Gasteiger partial charge in [-0.25, -0.2) is 0 Å². The number of amides is 1. The molecule has 0 aromatic heterocycles. The average molecular weight is 254 g/mol. The molecule has 1 atom stereocenters. The van der Waals surface area contributed by atoms with E-state index in [1.165, 1.54) is 0 Å². The Labute approximate surface area is 99.9 Å². The molecule has 0 aromatic carbocycles. The minimum absolute atomic E-state index is 0.0357. The van der Waals surface area contributed by atoms with Crippen molar-refractivity contribution in [1.82, 2.24) is 5.32 Å². The van der Waals surface area contributed by atoms with Crippen molar-refractivity contribution in [2.24, 2.45) is 5.73 Å². The van der Waals surface area contributed by atoms with Crippen molar-refractivity contribution >= 4 is 5.91 Å². The molecule has 0 aliphatic carbocycles. The van der Waals surface area contributed by atoms with Crippen molar-refractivity contribution in [1.29, 1.82) is 0 Å². The molecule has 1 unspecified atom stereocenters. The number of unbranched alkanes of at least 4 members (excludes halogenated alkanes) is 2. The van der Waals surface area contributed by atoms with E-state index in [1.54, 1.807) is 0 Å². The van der Waals surface area contributed by atoms with Crippen LogP contribution in [0.3, 0.4) is 0 Å². The van der Waals surface area contributed by atoms with E-state index in [0.29, 0.717) is 12.8 Å².